The van der Waals surface area contributed by atoms with E-state index in [1.54, 1.807) is 24.3 Å². The number of hydrogen-bond donors (Lipinski definition) is 2. The molecule has 0 aromatic heterocycles. The number of methoxy groups -OCH3 is 1. The molecule has 0 fully saturated rings. The third kappa shape index (κ3) is 4.55. The molecule has 0 saturated heterocycles. The molecule has 0 aliphatic rings. The van der Waals surface area contributed by atoms with Gasteiger partial charge in [-0.25, -0.2) is 4.79 Å². The first kappa shape index (κ1) is 16.5. The monoisotopic (exact) mass is 315 g/mol. The molecule has 0 aliphatic heterocycles. The van der Waals surface area contributed by atoms with E-state index in [1.807, 2.05) is 30.3 Å². The molecule has 1 atom stereocenters. The Labute approximate surface area is 133 Å². The fraction of sp³-hybridized carbons (Fsp3) is 0.176. The summed E-state index contributed by atoms with van der Waals surface area (Å²) < 4.78 is 10.1. The average molecular weight is 315 g/mol. The Hall–Kier alpha value is -2.86. The van der Waals surface area contributed by atoms with E-state index < -0.39 is 24.5 Å². The maximum absolute atomic E-state index is 12.0. The molecule has 2 N–H and O–H groups in total. The van der Waals surface area contributed by atoms with Gasteiger partial charge in [-0.3, -0.25) is 4.79 Å². The summed E-state index contributed by atoms with van der Waals surface area (Å²) in [5.74, 6) is 0.0840. The second kappa shape index (κ2) is 7.95. The summed E-state index contributed by atoms with van der Waals surface area (Å²) in [5, 5.41) is 11.5. The number of carbonyl (C=O) groups excluding carboxylic acids is 2. The Bertz CT molecular complexity index is 654. The van der Waals surface area contributed by atoms with Gasteiger partial charge in [0.25, 0.3) is 5.91 Å². The molecule has 2 aromatic carbocycles. The Morgan fingerprint density at radius 3 is 2.22 bits per heavy atom. The van der Waals surface area contributed by atoms with Gasteiger partial charge >= 0.3 is 5.97 Å². The molecule has 0 radical (unpaired) electrons. The van der Waals surface area contributed by atoms with E-state index in [0.717, 1.165) is 0 Å². The first-order valence-corrected chi connectivity index (χ1v) is 6.96. The molecule has 23 heavy (non-hydrogen) atoms. The molecule has 0 aliphatic carbocycles. The molecule has 6 nitrogen and oxygen atoms in total. The van der Waals surface area contributed by atoms with Gasteiger partial charge in [0.15, 0.2) is 6.04 Å². The number of amides is 1. The highest BCUT2D eigenvalue weighted by Crippen LogP contribution is 2.21. The molecule has 6 heteroatoms. The fourth-order valence-corrected chi connectivity index (χ4v) is 1.86. The van der Waals surface area contributed by atoms with Crippen molar-refractivity contribution < 1.29 is 24.2 Å². The number of carbonyl (C=O) groups is 2. The van der Waals surface area contributed by atoms with E-state index in [0.29, 0.717) is 17.1 Å². The summed E-state index contributed by atoms with van der Waals surface area (Å²) in [6.07, 6.45) is 0. The lowest BCUT2D eigenvalue weighted by Crippen LogP contribution is -2.44. The number of esters is 1. The molecule has 2 rings (SSSR count). The minimum Gasteiger partial charge on any atom is -0.467 e. The van der Waals surface area contributed by atoms with Crippen LogP contribution in [0.3, 0.4) is 0 Å². The standard InChI is InChI=1S/C17H17NO5/c1-22-17(21)15(11-19)18-16(20)12-7-9-14(10-8-12)23-13-5-3-2-4-6-13/h2-10,15,19H,11H2,1H3,(H,18,20)/t15-/m0/s1. The number of rotatable bonds is 6. The summed E-state index contributed by atoms with van der Waals surface area (Å²) in [5.41, 5.74) is 0.341. The summed E-state index contributed by atoms with van der Waals surface area (Å²) in [4.78, 5) is 23.4. The van der Waals surface area contributed by atoms with Gasteiger partial charge in [-0.1, -0.05) is 18.2 Å². The highest BCUT2D eigenvalue weighted by molar-refractivity contribution is 5.96. The van der Waals surface area contributed by atoms with Crippen LogP contribution in [0.1, 0.15) is 10.4 Å². The summed E-state index contributed by atoms with van der Waals surface area (Å²) in [7, 11) is 1.19. The van der Waals surface area contributed by atoms with Crippen LogP contribution in [0.4, 0.5) is 0 Å². The van der Waals surface area contributed by atoms with Gasteiger partial charge in [0, 0.05) is 5.56 Å². The van der Waals surface area contributed by atoms with Crippen LogP contribution in [-0.2, 0) is 9.53 Å². The molecule has 1 amide bonds. The van der Waals surface area contributed by atoms with Crippen molar-refractivity contribution in [3.05, 3.63) is 60.2 Å². The van der Waals surface area contributed by atoms with Crippen molar-refractivity contribution in [3.63, 3.8) is 0 Å². The number of para-hydroxylation sites is 1. The van der Waals surface area contributed by atoms with Crippen molar-refractivity contribution >= 4 is 11.9 Å². The topological polar surface area (TPSA) is 84.9 Å². The van der Waals surface area contributed by atoms with E-state index in [-0.39, 0.29) is 0 Å². The van der Waals surface area contributed by atoms with Gasteiger partial charge in [0.05, 0.1) is 13.7 Å². The third-order valence-electron chi connectivity index (χ3n) is 3.07. The normalized spacial score (nSPS) is 11.4. The van der Waals surface area contributed by atoms with Crippen LogP contribution in [0.25, 0.3) is 0 Å². The van der Waals surface area contributed by atoms with Gasteiger partial charge < -0.3 is 19.9 Å². The predicted octanol–water partition coefficient (Wildman–Crippen LogP) is 1.74. The van der Waals surface area contributed by atoms with Crippen LogP contribution < -0.4 is 10.1 Å². The maximum Gasteiger partial charge on any atom is 0.330 e. The number of nitrogens with one attached hydrogen (secondary N) is 1. The van der Waals surface area contributed by atoms with Crippen molar-refractivity contribution in [1.29, 1.82) is 0 Å². The van der Waals surface area contributed by atoms with E-state index in [1.165, 1.54) is 7.11 Å². The van der Waals surface area contributed by atoms with E-state index in [2.05, 4.69) is 10.1 Å². The fourth-order valence-electron chi connectivity index (χ4n) is 1.86. The zero-order chi connectivity index (χ0) is 16.7. The summed E-state index contributed by atoms with van der Waals surface area (Å²) in [6.45, 7) is -0.534. The van der Waals surface area contributed by atoms with Crippen molar-refractivity contribution in [2.75, 3.05) is 13.7 Å². The SMILES string of the molecule is COC(=O)[C@H](CO)NC(=O)c1ccc(Oc2ccccc2)cc1. The number of benzene rings is 2. The van der Waals surface area contributed by atoms with Crippen LogP contribution in [0.5, 0.6) is 11.5 Å². The Morgan fingerprint density at radius 2 is 1.65 bits per heavy atom. The van der Waals surface area contributed by atoms with E-state index in [9.17, 15) is 9.59 Å². The summed E-state index contributed by atoms with van der Waals surface area (Å²) in [6, 6.07) is 14.6. The van der Waals surface area contributed by atoms with Crippen molar-refractivity contribution in [3.8, 4) is 11.5 Å². The van der Waals surface area contributed by atoms with Crippen LogP contribution in [0.2, 0.25) is 0 Å². The maximum atomic E-state index is 12.0. The molecule has 120 valence electrons. The quantitative estimate of drug-likeness (QED) is 0.793. The molecule has 0 bridgehead atoms. The number of aliphatic hydroxyl groups is 1. The first-order chi connectivity index (χ1) is 11.1. The van der Waals surface area contributed by atoms with Crippen molar-refractivity contribution in [2.45, 2.75) is 6.04 Å². The predicted molar refractivity (Wildman–Crippen MR) is 83.3 cm³/mol. The lowest BCUT2D eigenvalue weighted by molar-refractivity contribution is -0.143. The average Bonchev–Trinajstić information content (AvgIpc) is 2.60. The highest BCUT2D eigenvalue weighted by Gasteiger charge is 2.21. The van der Waals surface area contributed by atoms with Gasteiger partial charge in [0.1, 0.15) is 11.5 Å². The van der Waals surface area contributed by atoms with E-state index >= 15 is 0 Å². The Balaban J connectivity index is 2.01. The minimum absolute atomic E-state index is 0.341. The van der Waals surface area contributed by atoms with Crippen LogP contribution in [-0.4, -0.2) is 36.7 Å². The van der Waals surface area contributed by atoms with Crippen LogP contribution in [0.15, 0.2) is 54.6 Å². The van der Waals surface area contributed by atoms with Gasteiger partial charge in [-0.2, -0.15) is 0 Å². The van der Waals surface area contributed by atoms with Gasteiger partial charge in [-0.15, -0.1) is 0 Å². The van der Waals surface area contributed by atoms with Crippen LogP contribution >= 0.6 is 0 Å². The number of ether oxygens (including phenoxy) is 2. The molecule has 0 spiro atoms. The summed E-state index contributed by atoms with van der Waals surface area (Å²) >= 11 is 0. The zero-order valence-electron chi connectivity index (χ0n) is 12.6. The second-order valence-corrected chi connectivity index (χ2v) is 4.67. The van der Waals surface area contributed by atoms with Crippen molar-refractivity contribution in [1.82, 2.24) is 5.32 Å². The second-order valence-electron chi connectivity index (χ2n) is 4.67. The largest absolute Gasteiger partial charge is 0.467 e. The molecule has 2 aromatic rings. The Kier molecular flexibility index (Phi) is 5.71. The van der Waals surface area contributed by atoms with Crippen molar-refractivity contribution in [2.24, 2.45) is 0 Å². The lowest BCUT2D eigenvalue weighted by Gasteiger charge is -2.14. The Morgan fingerprint density at radius 1 is 1.04 bits per heavy atom. The first-order valence-electron chi connectivity index (χ1n) is 6.96. The van der Waals surface area contributed by atoms with E-state index in [4.69, 9.17) is 9.84 Å². The number of aliphatic hydroxyl groups excluding tert-OH is 1. The smallest absolute Gasteiger partial charge is 0.330 e. The van der Waals surface area contributed by atoms with Gasteiger partial charge in [0.2, 0.25) is 0 Å². The van der Waals surface area contributed by atoms with Gasteiger partial charge in [-0.05, 0) is 36.4 Å². The molecule has 0 unspecified atom stereocenters. The molecule has 0 saturated carbocycles. The third-order valence-corrected chi connectivity index (χ3v) is 3.07. The molecular weight excluding hydrogens is 298 g/mol. The molecular formula is C17H17NO5. The highest BCUT2D eigenvalue weighted by atomic mass is 16.5. The lowest BCUT2D eigenvalue weighted by atomic mass is 10.2. The van der Waals surface area contributed by atoms with Crippen LogP contribution in [0, 0.1) is 0 Å². The zero-order valence-corrected chi connectivity index (χ0v) is 12.6. The molecule has 0 heterocycles. The number of hydrogen-bond acceptors (Lipinski definition) is 5. The minimum atomic E-state index is -1.09.